The number of hydrogen-bond acceptors (Lipinski definition) is 2. The summed E-state index contributed by atoms with van der Waals surface area (Å²) >= 11 is 0. The number of ether oxygens (including phenoxy) is 1. The number of rotatable bonds is 7. The third-order valence-electron chi connectivity index (χ3n) is 11.9. The summed E-state index contributed by atoms with van der Waals surface area (Å²) in [5.74, 6) is 2.40. The fraction of sp³-hybridized carbons (Fsp3) is 0.185. The number of pyridine rings is 1. The molecular weight excluding hydrogens is 721 g/mol. The minimum absolute atomic E-state index is 0.00312. The van der Waals surface area contributed by atoms with Gasteiger partial charge < -0.3 is 4.74 Å². The van der Waals surface area contributed by atoms with Gasteiger partial charge in [0, 0.05) is 23.0 Å². The molecule has 0 aliphatic carbocycles. The zero-order valence-corrected chi connectivity index (χ0v) is 35.5. The number of benzene rings is 6. The van der Waals surface area contributed by atoms with E-state index in [0.29, 0.717) is 0 Å². The van der Waals surface area contributed by atoms with E-state index in [9.17, 15) is 0 Å². The number of aryl methyl sites for hydroxylation is 4. The number of imidazole rings is 1. The van der Waals surface area contributed by atoms with Gasteiger partial charge in [0.25, 0.3) is 6.33 Å². The van der Waals surface area contributed by atoms with Crippen LogP contribution in [0.15, 0.2) is 140 Å². The average molecular weight is 771 g/mol. The van der Waals surface area contributed by atoms with Crippen molar-refractivity contribution in [1.82, 2.24) is 14.1 Å². The highest BCUT2D eigenvalue weighted by atomic mass is 16.5. The Balaban J connectivity index is 1.11. The second kappa shape index (κ2) is 14.6. The summed E-state index contributed by atoms with van der Waals surface area (Å²) in [7, 11) is 0. The van der Waals surface area contributed by atoms with E-state index < -0.39 is 0 Å². The summed E-state index contributed by atoms with van der Waals surface area (Å²) in [6.07, 6.45) is 5.65. The van der Waals surface area contributed by atoms with E-state index in [1.54, 1.807) is 0 Å². The van der Waals surface area contributed by atoms with Crippen molar-refractivity contribution < 1.29 is 9.30 Å². The molecule has 9 aromatic rings. The lowest BCUT2D eigenvalue weighted by molar-refractivity contribution is -0.606. The summed E-state index contributed by atoms with van der Waals surface area (Å²) in [6.45, 7) is 19.9. The number of fused-ring (bicyclic) bond motifs is 3. The second-order valence-electron chi connectivity index (χ2n) is 17.0. The van der Waals surface area contributed by atoms with Gasteiger partial charge >= 0.3 is 0 Å². The molecule has 0 saturated heterocycles. The maximum absolute atomic E-state index is 6.68. The van der Waals surface area contributed by atoms with Crippen LogP contribution in [0.1, 0.15) is 60.0 Å². The molecule has 0 radical (unpaired) electrons. The quantitative estimate of drug-likeness (QED) is 0.120. The first kappa shape index (κ1) is 37.8. The Kier molecular flexibility index (Phi) is 9.35. The Morgan fingerprint density at radius 1 is 0.576 bits per heavy atom. The summed E-state index contributed by atoms with van der Waals surface area (Å²) in [5, 5.41) is 2.34. The van der Waals surface area contributed by atoms with Gasteiger partial charge in [-0.2, -0.15) is 0 Å². The van der Waals surface area contributed by atoms with E-state index in [1.165, 1.54) is 55.5 Å². The molecule has 3 heterocycles. The Labute approximate surface area is 347 Å². The maximum atomic E-state index is 6.68. The first-order valence-electron chi connectivity index (χ1n) is 20.5. The van der Waals surface area contributed by atoms with Gasteiger partial charge in [0.15, 0.2) is 0 Å². The smallest absolute Gasteiger partial charge is 0.269 e. The van der Waals surface area contributed by atoms with Crippen LogP contribution in [0.5, 0.6) is 11.5 Å². The van der Waals surface area contributed by atoms with Gasteiger partial charge in [0.05, 0.1) is 33.8 Å². The van der Waals surface area contributed by atoms with E-state index in [4.69, 9.17) is 9.72 Å². The van der Waals surface area contributed by atoms with Crippen LogP contribution in [0.3, 0.4) is 0 Å². The molecule has 0 spiro atoms. The molecule has 0 saturated carbocycles. The maximum Gasteiger partial charge on any atom is 0.269 e. The SMILES string of the molecule is Cc1cccc(C)c1-c1cc(-c2c(C)cccc2C)cc(-[n+]2[c-]n(-c3cccc(Oc4ccc5c6ccccc6n(-c6cc(C(C)(C)C)ccn6)c5c4)c3)c(C)c2C)c1. The number of para-hydroxylation sites is 1. The Morgan fingerprint density at radius 2 is 1.19 bits per heavy atom. The highest BCUT2D eigenvalue weighted by Crippen LogP contribution is 2.38. The number of hydrogen-bond donors (Lipinski definition) is 0. The van der Waals surface area contributed by atoms with Crippen molar-refractivity contribution in [2.45, 2.75) is 67.7 Å². The van der Waals surface area contributed by atoms with Crippen molar-refractivity contribution in [3.8, 4) is 50.9 Å². The molecule has 0 unspecified atom stereocenters. The summed E-state index contributed by atoms with van der Waals surface area (Å²) < 4.78 is 13.3. The van der Waals surface area contributed by atoms with Gasteiger partial charge in [-0.1, -0.05) is 81.4 Å². The third kappa shape index (κ3) is 6.80. The van der Waals surface area contributed by atoms with Crippen molar-refractivity contribution in [3.05, 3.63) is 185 Å². The normalized spacial score (nSPS) is 11.8. The van der Waals surface area contributed by atoms with Crippen LogP contribution in [0.4, 0.5) is 0 Å². The lowest BCUT2D eigenvalue weighted by Crippen LogP contribution is -2.32. The Bertz CT molecular complexity index is 2970. The largest absolute Gasteiger partial charge is 0.458 e. The van der Waals surface area contributed by atoms with Crippen LogP contribution in [0, 0.1) is 47.9 Å². The lowest BCUT2D eigenvalue weighted by atomic mass is 9.88. The average Bonchev–Trinajstić information content (AvgIpc) is 3.70. The van der Waals surface area contributed by atoms with Crippen LogP contribution >= 0.6 is 0 Å². The van der Waals surface area contributed by atoms with E-state index in [2.05, 4.69) is 210 Å². The monoisotopic (exact) mass is 770 g/mol. The van der Waals surface area contributed by atoms with Gasteiger partial charge in [-0.3, -0.25) is 13.7 Å². The number of aromatic nitrogens is 4. The van der Waals surface area contributed by atoms with Crippen molar-refractivity contribution in [3.63, 3.8) is 0 Å². The second-order valence-corrected chi connectivity index (χ2v) is 17.0. The summed E-state index contributed by atoms with van der Waals surface area (Å²) in [6, 6.07) is 47.5. The van der Waals surface area contributed by atoms with Crippen LogP contribution in [-0.2, 0) is 5.41 Å². The van der Waals surface area contributed by atoms with E-state index in [1.807, 2.05) is 12.3 Å². The van der Waals surface area contributed by atoms with Crippen molar-refractivity contribution >= 4 is 21.8 Å². The van der Waals surface area contributed by atoms with E-state index in [-0.39, 0.29) is 5.41 Å². The molecule has 6 aromatic carbocycles. The standard InChI is InChI=1S/C54H50N4O/c1-34-15-12-16-35(2)52(34)40-27-41(53-36(3)17-13-18-37(53)4)29-44(28-40)57-33-56(38(5)39(57)6)43-19-14-20-45(31-43)59-46-23-24-48-47-21-10-11-22-49(47)58(50(48)32-46)51-30-42(25-26-55-51)54(7,8)9/h10-32H,1-9H3. The molecule has 0 amide bonds. The molecule has 0 N–H and O–H groups in total. The van der Waals surface area contributed by atoms with E-state index in [0.717, 1.165) is 56.5 Å². The molecule has 3 aromatic heterocycles. The van der Waals surface area contributed by atoms with Gasteiger partial charge in [0.2, 0.25) is 0 Å². The molecular formula is C54H50N4O. The number of nitrogens with zero attached hydrogens (tertiary/aromatic N) is 4. The molecule has 9 rings (SSSR count). The molecule has 59 heavy (non-hydrogen) atoms. The van der Waals surface area contributed by atoms with Gasteiger partial charge in [-0.15, -0.1) is 0 Å². The Hall–Kier alpha value is -6.72. The minimum atomic E-state index is -0.00312. The molecule has 292 valence electrons. The molecule has 0 fully saturated rings. The fourth-order valence-corrected chi connectivity index (χ4v) is 8.73. The topological polar surface area (TPSA) is 35.9 Å². The molecule has 0 atom stereocenters. The first-order valence-corrected chi connectivity index (χ1v) is 20.5. The summed E-state index contributed by atoms with van der Waals surface area (Å²) in [5.41, 5.74) is 17.7. The van der Waals surface area contributed by atoms with Crippen molar-refractivity contribution in [1.29, 1.82) is 0 Å². The van der Waals surface area contributed by atoms with Gasteiger partial charge in [0.1, 0.15) is 17.3 Å². The zero-order valence-electron chi connectivity index (χ0n) is 35.5. The molecule has 0 aliphatic rings. The molecule has 5 heteroatoms. The van der Waals surface area contributed by atoms with Crippen molar-refractivity contribution in [2.75, 3.05) is 0 Å². The minimum Gasteiger partial charge on any atom is -0.458 e. The fourth-order valence-electron chi connectivity index (χ4n) is 8.73. The first-order chi connectivity index (χ1) is 28.4. The molecule has 0 bridgehead atoms. The van der Waals surface area contributed by atoms with Crippen LogP contribution in [0.2, 0.25) is 0 Å². The van der Waals surface area contributed by atoms with Gasteiger partial charge in [-0.25, -0.2) is 4.98 Å². The zero-order chi connectivity index (χ0) is 41.2. The van der Waals surface area contributed by atoms with E-state index >= 15 is 0 Å². The van der Waals surface area contributed by atoms with Crippen molar-refractivity contribution in [2.24, 2.45) is 0 Å². The predicted octanol–water partition coefficient (Wildman–Crippen LogP) is 13.3. The highest BCUT2D eigenvalue weighted by Gasteiger charge is 2.20. The van der Waals surface area contributed by atoms with Crippen LogP contribution < -0.4 is 9.30 Å². The predicted molar refractivity (Wildman–Crippen MR) is 243 cm³/mol. The Morgan fingerprint density at radius 3 is 1.85 bits per heavy atom. The highest BCUT2D eigenvalue weighted by molar-refractivity contribution is 6.09. The summed E-state index contributed by atoms with van der Waals surface area (Å²) in [4.78, 5) is 4.86. The van der Waals surface area contributed by atoms with Gasteiger partial charge in [-0.05, 0) is 164 Å². The molecule has 5 nitrogen and oxygen atoms in total. The molecule has 0 aliphatic heterocycles. The van der Waals surface area contributed by atoms with Crippen LogP contribution in [0.25, 0.3) is 61.3 Å². The van der Waals surface area contributed by atoms with Crippen LogP contribution in [-0.4, -0.2) is 14.1 Å². The lowest BCUT2D eigenvalue weighted by Gasteiger charge is -2.20. The third-order valence-corrected chi connectivity index (χ3v) is 11.9.